The van der Waals surface area contributed by atoms with E-state index in [0.29, 0.717) is 29.3 Å². The molecule has 176 valence electrons. The van der Waals surface area contributed by atoms with Crippen LogP contribution in [0.15, 0.2) is 42.0 Å². The van der Waals surface area contributed by atoms with Gasteiger partial charge in [0.05, 0.1) is 36.4 Å². The number of benzene rings is 2. The minimum atomic E-state index is -0.813. The number of aliphatic hydroxyl groups excluding tert-OH is 1. The minimum absolute atomic E-state index is 0.0191. The summed E-state index contributed by atoms with van der Waals surface area (Å²) < 4.78 is 10.9. The Morgan fingerprint density at radius 3 is 2.48 bits per heavy atom. The average Bonchev–Trinajstić information content (AvgIpc) is 3.02. The highest BCUT2D eigenvalue weighted by atomic mass is 35.5. The van der Waals surface area contributed by atoms with Gasteiger partial charge in [-0.1, -0.05) is 29.8 Å². The second-order valence-electron chi connectivity index (χ2n) is 8.22. The summed E-state index contributed by atoms with van der Waals surface area (Å²) >= 11 is 6.33. The fourth-order valence-electron chi connectivity index (χ4n) is 4.14. The number of nitrogens with zero attached hydrogens (tertiary/aromatic N) is 2. The van der Waals surface area contributed by atoms with Crippen molar-refractivity contribution in [2.45, 2.75) is 19.4 Å². The monoisotopic (exact) mass is 472 g/mol. The molecule has 0 saturated carbocycles. The molecule has 0 radical (unpaired) electrons. The molecule has 0 aliphatic carbocycles. The minimum Gasteiger partial charge on any atom is -0.507 e. The summed E-state index contributed by atoms with van der Waals surface area (Å²) in [4.78, 5) is 29.9. The van der Waals surface area contributed by atoms with E-state index in [1.165, 1.54) is 19.1 Å². The molecule has 2 aromatic carbocycles. The van der Waals surface area contributed by atoms with Crippen molar-refractivity contribution in [3.8, 4) is 11.5 Å². The lowest BCUT2D eigenvalue weighted by atomic mass is 9.94. The summed E-state index contributed by atoms with van der Waals surface area (Å²) in [7, 11) is 6.85. The Morgan fingerprint density at radius 1 is 1.15 bits per heavy atom. The van der Waals surface area contributed by atoms with Gasteiger partial charge in [-0.05, 0) is 57.7 Å². The zero-order valence-electron chi connectivity index (χ0n) is 19.5. The largest absolute Gasteiger partial charge is 0.507 e. The molecule has 33 heavy (non-hydrogen) atoms. The summed E-state index contributed by atoms with van der Waals surface area (Å²) in [5.74, 6) is -1.00. The van der Waals surface area contributed by atoms with E-state index < -0.39 is 17.7 Å². The number of para-hydroxylation sites is 1. The third-order valence-electron chi connectivity index (χ3n) is 5.63. The topological polar surface area (TPSA) is 79.3 Å². The molecule has 8 heteroatoms. The van der Waals surface area contributed by atoms with Crippen LogP contribution in [0.1, 0.15) is 29.2 Å². The van der Waals surface area contributed by atoms with E-state index in [0.717, 1.165) is 12.1 Å². The Kier molecular flexibility index (Phi) is 7.66. The van der Waals surface area contributed by atoms with E-state index in [1.807, 2.05) is 38.1 Å². The fourth-order valence-corrected chi connectivity index (χ4v) is 4.49. The van der Waals surface area contributed by atoms with Gasteiger partial charge in [0.15, 0.2) is 0 Å². The van der Waals surface area contributed by atoms with Gasteiger partial charge in [0, 0.05) is 12.1 Å². The number of rotatable bonds is 8. The number of halogens is 1. The van der Waals surface area contributed by atoms with Crippen LogP contribution >= 0.6 is 11.6 Å². The van der Waals surface area contributed by atoms with Crippen molar-refractivity contribution in [3.63, 3.8) is 0 Å². The van der Waals surface area contributed by atoms with Crippen molar-refractivity contribution in [2.24, 2.45) is 0 Å². The smallest absolute Gasteiger partial charge is 0.295 e. The van der Waals surface area contributed by atoms with E-state index >= 15 is 0 Å². The Bertz CT molecular complexity index is 1100. The molecule has 0 bridgehead atoms. The molecule has 1 aliphatic heterocycles. The van der Waals surface area contributed by atoms with Gasteiger partial charge in [-0.25, -0.2) is 0 Å². The van der Waals surface area contributed by atoms with Crippen LogP contribution in [0, 0.1) is 6.92 Å². The van der Waals surface area contributed by atoms with Crippen molar-refractivity contribution in [1.29, 1.82) is 0 Å². The number of Topliss-reactive ketones (excluding diaryl/α,β-unsaturated/α-hetero) is 1. The van der Waals surface area contributed by atoms with Crippen molar-refractivity contribution in [3.05, 3.63) is 63.7 Å². The Hall–Kier alpha value is -3.03. The molecule has 0 aromatic heterocycles. The number of carbonyl (C=O) groups excluding carboxylic acids is 2. The van der Waals surface area contributed by atoms with Gasteiger partial charge < -0.3 is 24.4 Å². The van der Waals surface area contributed by atoms with Gasteiger partial charge in [-0.15, -0.1) is 0 Å². The van der Waals surface area contributed by atoms with Crippen molar-refractivity contribution >= 4 is 29.1 Å². The molecule has 1 N–H and O–H groups in total. The standard InChI is InChI=1S/C25H29ClN2O5/c1-15-13-17(24(33-5)18(26)14-15)22(29)20-21(16-9-6-7-10-19(16)32-4)28(25(31)23(20)30)12-8-11-27(2)3/h6-7,9-10,13-14,21,29H,8,11-12H2,1-5H3/b22-20+. The number of carbonyl (C=O) groups is 2. The normalized spacial score (nSPS) is 17.7. The van der Waals surface area contributed by atoms with Crippen LogP contribution in [0.5, 0.6) is 11.5 Å². The third kappa shape index (κ3) is 4.84. The molecule has 1 fully saturated rings. The number of methoxy groups -OCH3 is 2. The number of hydrogen-bond donors (Lipinski definition) is 1. The maximum Gasteiger partial charge on any atom is 0.295 e. The SMILES string of the molecule is COc1ccccc1C1/C(=C(\O)c2cc(C)cc(Cl)c2OC)C(=O)C(=O)N1CCCN(C)C. The lowest BCUT2D eigenvalue weighted by Gasteiger charge is -2.27. The second kappa shape index (κ2) is 10.3. The number of hydrogen-bond acceptors (Lipinski definition) is 6. The molecule has 7 nitrogen and oxygen atoms in total. The van der Waals surface area contributed by atoms with Gasteiger partial charge in [-0.2, -0.15) is 0 Å². The average molecular weight is 473 g/mol. The first kappa shape index (κ1) is 24.6. The van der Waals surface area contributed by atoms with Crippen LogP contribution in [0.2, 0.25) is 5.02 Å². The lowest BCUT2D eigenvalue weighted by molar-refractivity contribution is -0.140. The van der Waals surface area contributed by atoms with Crippen LogP contribution in [0.4, 0.5) is 0 Å². The molecule has 1 unspecified atom stereocenters. The molecule has 0 spiro atoms. The van der Waals surface area contributed by atoms with Gasteiger partial charge >= 0.3 is 0 Å². The highest BCUT2D eigenvalue weighted by Crippen LogP contribution is 2.44. The zero-order chi connectivity index (χ0) is 24.3. The van der Waals surface area contributed by atoms with Crippen molar-refractivity contribution < 1.29 is 24.2 Å². The highest BCUT2D eigenvalue weighted by Gasteiger charge is 2.47. The van der Waals surface area contributed by atoms with Crippen LogP contribution in [0.3, 0.4) is 0 Å². The first-order valence-corrected chi connectivity index (χ1v) is 11.0. The first-order chi connectivity index (χ1) is 15.7. The molecule has 1 saturated heterocycles. The molecule has 1 aliphatic rings. The number of ether oxygens (including phenoxy) is 2. The Morgan fingerprint density at radius 2 is 1.85 bits per heavy atom. The van der Waals surface area contributed by atoms with E-state index in [2.05, 4.69) is 0 Å². The Balaban J connectivity index is 2.24. The van der Waals surface area contributed by atoms with Crippen LogP contribution < -0.4 is 9.47 Å². The number of aliphatic hydroxyl groups is 1. The van der Waals surface area contributed by atoms with Gasteiger partial charge in [0.1, 0.15) is 17.3 Å². The predicted octanol–water partition coefficient (Wildman–Crippen LogP) is 4.04. The van der Waals surface area contributed by atoms with Crippen LogP contribution in [-0.4, -0.2) is 68.0 Å². The molecule has 2 aromatic rings. The zero-order valence-corrected chi connectivity index (χ0v) is 20.3. The summed E-state index contributed by atoms with van der Waals surface area (Å²) in [6.45, 7) is 2.90. The second-order valence-corrected chi connectivity index (χ2v) is 8.63. The molecule has 3 rings (SSSR count). The summed E-state index contributed by atoms with van der Waals surface area (Å²) in [5.41, 5.74) is 1.63. The van der Waals surface area contributed by atoms with Crippen molar-refractivity contribution in [2.75, 3.05) is 41.4 Å². The first-order valence-electron chi connectivity index (χ1n) is 10.6. The summed E-state index contributed by atoms with van der Waals surface area (Å²) in [5, 5.41) is 11.7. The van der Waals surface area contributed by atoms with E-state index in [4.69, 9.17) is 21.1 Å². The molecular formula is C25H29ClN2O5. The fraction of sp³-hybridized carbons (Fsp3) is 0.360. The highest BCUT2D eigenvalue weighted by molar-refractivity contribution is 6.46. The molecule has 1 amide bonds. The summed E-state index contributed by atoms with van der Waals surface area (Å²) in [6.07, 6.45) is 0.658. The number of ketones is 1. The number of amides is 1. The van der Waals surface area contributed by atoms with Gasteiger partial charge in [-0.3, -0.25) is 9.59 Å². The van der Waals surface area contributed by atoms with E-state index in [9.17, 15) is 14.7 Å². The maximum absolute atomic E-state index is 13.2. The number of aryl methyl sites for hydroxylation is 1. The third-order valence-corrected chi connectivity index (χ3v) is 5.91. The molecular weight excluding hydrogens is 444 g/mol. The predicted molar refractivity (Wildman–Crippen MR) is 128 cm³/mol. The maximum atomic E-state index is 13.2. The van der Waals surface area contributed by atoms with Crippen LogP contribution in [-0.2, 0) is 9.59 Å². The van der Waals surface area contributed by atoms with E-state index in [-0.39, 0.29) is 22.6 Å². The quantitative estimate of drug-likeness (QED) is 0.355. The Labute approximate surface area is 199 Å². The van der Waals surface area contributed by atoms with Crippen molar-refractivity contribution in [1.82, 2.24) is 9.80 Å². The lowest BCUT2D eigenvalue weighted by Crippen LogP contribution is -2.32. The van der Waals surface area contributed by atoms with E-state index in [1.54, 1.807) is 24.3 Å². The molecule has 1 atom stereocenters. The molecule has 1 heterocycles. The van der Waals surface area contributed by atoms with Gasteiger partial charge in [0.2, 0.25) is 0 Å². The summed E-state index contributed by atoms with van der Waals surface area (Å²) in [6, 6.07) is 9.74. The number of likely N-dealkylation sites (tertiary alicyclic amines) is 1. The van der Waals surface area contributed by atoms with Gasteiger partial charge in [0.25, 0.3) is 11.7 Å². The van der Waals surface area contributed by atoms with Crippen LogP contribution in [0.25, 0.3) is 5.76 Å².